The molecule has 1 aliphatic heterocycles. The molecule has 9 heteroatoms. The Morgan fingerprint density at radius 1 is 1.18 bits per heavy atom. The summed E-state index contributed by atoms with van der Waals surface area (Å²) >= 11 is 0. The maximum Gasteiger partial charge on any atom is 0.269 e. The van der Waals surface area contributed by atoms with Crippen LogP contribution in [0.4, 0.5) is 0 Å². The molecule has 0 bridgehead atoms. The highest BCUT2D eigenvalue weighted by Gasteiger charge is 2.28. The van der Waals surface area contributed by atoms with Crippen molar-refractivity contribution >= 4 is 32.1 Å². The third-order valence-corrected chi connectivity index (χ3v) is 8.57. The Hall–Kier alpha value is -3.22. The molecular weight excluding hydrogens is 448 g/mol. The van der Waals surface area contributed by atoms with Crippen molar-refractivity contribution in [3.63, 3.8) is 0 Å². The van der Waals surface area contributed by atoms with Gasteiger partial charge in [0, 0.05) is 43.2 Å². The minimum absolute atomic E-state index is 0.232. The van der Waals surface area contributed by atoms with E-state index < -0.39 is 10.0 Å². The third kappa shape index (κ3) is 3.67. The van der Waals surface area contributed by atoms with Gasteiger partial charge in [0.25, 0.3) is 10.0 Å². The highest BCUT2D eigenvalue weighted by molar-refractivity contribution is 7.90. The highest BCUT2D eigenvalue weighted by Crippen LogP contribution is 2.34. The number of hydrogen-bond acceptors (Lipinski definition) is 6. The monoisotopic (exact) mass is 476 g/mol. The van der Waals surface area contributed by atoms with Crippen molar-refractivity contribution in [1.82, 2.24) is 23.4 Å². The van der Waals surface area contributed by atoms with E-state index in [2.05, 4.69) is 34.4 Å². The van der Waals surface area contributed by atoms with E-state index in [1.165, 1.54) is 3.97 Å². The largest absolute Gasteiger partial charge is 0.324 e. The quantitative estimate of drug-likeness (QED) is 0.415. The van der Waals surface area contributed by atoms with Crippen molar-refractivity contribution in [2.45, 2.75) is 56.5 Å². The Balaban J connectivity index is 1.59. The van der Waals surface area contributed by atoms with E-state index in [9.17, 15) is 8.42 Å². The number of fused-ring (bicyclic) bond motifs is 3. The molecule has 0 amide bonds. The fraction of sp³-hybridized carbons (Fsp3) is 0.400. The molecule has 0 saturated carbocycles. The number of rotatable bonds is 6. The Morgan fingerprint density at radius 2 is 1.91 bits per heavy atom. The van der Waals surface area contributed by atoms with Crippen LogP contribution >= 0.6 is 0 Å². The van der Waals surface area contributed by atoms with Crippen LogP contribution in [0, 0.1) is 11.3 Å². The number of hydrogen-bond donors (Lipinski definition) is 0. The van der Waals surface area contributed by atoms with E-state index in [0.29, 0.717) is 12.1 Å². The predicted octanol–water partition coefficient (Wildman–Crippen LogP) is 4.12. The zero-order valence-electron chi connectivity index (χ0n) is 19.4. The van der Waals surface area contributed by atoms with Crippen LogP contribution in [0.5, 0.6) is 0 Å². The van der Waals surface area contributed by atoms with Crippen molar-refractivity contribution in [2.75, 3.05) is 13.1 Å². The van der Waals surface area contributed by atoms with Crippen molar-refractivity contribution in [2.24, 2.45) is 0 Å². The first kappa shape index (κ1) is 22.6. The Morgan fingerprint density at radius 3 is 2.59 bits per heavy atom. The van der Waals surface area contributed by atoms with Gasteiger partial charge in [0.15, 0.2) is 5.65 Å². The second kappa shape index (κ2) is 8.85. The van der Waals surface area contributed by atoms with Gasteiger partial charge in [0.2, 0.25) is 0 Å². The predicted molar refractivity (Wildman–Crippen MR) is 131 cm³/mol. The molecule has 1 unspecified atom stereocenters. The van der Waals surface area contributed by atoms with Gasteiger partial charge in [-0.2, -0.15) is 5.26 Å². The molecule has 4 aromatic rings. The fourth-order valence-electron chi connectivity index (χ4n) is 5.08. The molecule has 8 nitrogen and oxygen atoms in total. The van der Waals surface area contributed by atoms with Gasteiger partial charge in [-0.05, 0) is 38.0 Å². The van der Waals surface area contributed by atoms with Crippen LogP contribution in [0.2, 0.25) is 0 Å². The summed E-state index contributed by atoms with van der Waals surface area (Å²) in [5, 5.41) is 9.84. The molecule has 5 rings (SSSR count). The van der Waals surface area contributed by atoms with Crippen molar-refractivity contribution in [3.05, 3.63) is 54.6 Å². The molecule has 0 radical (unpaired) electrons. The van der Waals surface area contributed by atoms with Gasteiger partial charge in [-0.15, -0.1) is 0 Å². The number of nitriles is 1. The third-order valence-electron chi connectivity index (χ3n) is 6.89. The lowest BCUT2D eigenvalue weighted by Gasteiger charge is -2.36. The first-order chi connectivity index (χ1) is 16.5. The summed E-state index contributed by atoms with van der Waals surface area (Å²) in [7, 11) is -3.76. The van der Waals surface area contributed by atoms with Crippen molar-refractivity contribution in [1.29, 1.82) is 5.26 Å². The van der Waals surface area contributed by atoms with Gasteiger partial charge in [0.05, 0.1) is 29.1 Å². The van der Waals surface area contributed by atoms with E-state index in [0.717, 1.165) is 54.6 Å². The Kier molecular flexibility index (Phi) is 5.88. The first-order valence-electron chi connectivity index (χ1n) is 11.7. The van der Waals surface area contributed by atoms with Gasteiger partial charge in [-0.25, -0.2) is 22.4 Å². The van der Waals surface area contributed by atoms with Gasteiger partial charge < -0.3 is 4.57 Å². The molecule has 1 fully saturated rings. The van der Waals surface area contributed by atoms with Crippen LogP contribution < -0.4 is 0 Å². The number of aromatic nitrogens is 4. The average molecular weight is 477 g/mol. The molecular formula is C25H28N6O2S. The number of nitrogens with zero attached hydrogens (tertiary/aromatic N) is 6. The summed E-state index contributed by atoms with van der Waals surface area (Å²) in [5.74, 6) is 0.992. The topological polar surface area (TPSA) is 96.8 Å². The number of pyridine rings is 1. The molecule has 3 aromatic heterocycles. The van der Waals surface area contributed by atoms with Gasteiger partial charge in [-0.3, -0.25) is 4.90 Å². The fourth-order valence-corrected chi connectivity index (χ4v) is 6.41. The van der Waals surface area contributed by atoms with Gasteiger partial charge in [0.1, 0.15) is 11.3 Å². The molecule has 34 heavy (non-hydrogen) atoms. The maximum absolute atomic E-state index is 13.3. The maximum atomic E-state index is 13.3. The Bertz CT molecular complexity index is 1470. The van der Waals surface area contributed by atoms with Crippen LogP contribution in [0.15, 0.2) is 53.7 Å². The average Bonchev–Trinajstić information content (AvgIpc) is 3.46. The minimum atomic E-state index is -3.76. The SMILES string of the molecule is CCc1nc2cnc3c(ccn3S(=O)(=O)c3ccccc3)c2n1C1CCN(C(C)CC#N)CC1. The molecule has 4 heterocycles. The molecule has 1 aliphatic rings. The molecule has 1 atom stereocenters. The Labute approximate surface area is 199 Å². The highest BCUT2D eigenvalue weighted by atomic mass is 32.2. The summed E-state index contributed by atoms with van der Waals surface area (Å²) in [5.41, 5.74) is 2.16. The molecule has 1 aromatic carbocycles. The standard InChI is InChI=1S/C25H28N6O2S/c1-3-23-28-22-17-27-25-21(12-16-30(25)34(32,33)20-7-5-4-6-8-20)24(22)31(23)19-10-14-29(15-11-19)18(2)9-13-26/h4-8,12,16-19H,3,9-11,14-15H2,1-2H3. The second-order valence-electron chi connectivity index (χ2n) is 8.89. The van der Waals surface area contributed by atoms with Gasteiger partial charge in [-0.1, -0.05) is 25.1 Å². The number of likely N-dealkylation sites (tertiary alicyclic amines) is 1. The smallest absolute Gasteiger partial charge is 0.269 e. The van der Waals surface area contributed by atoms with Crippen LogP contribution in [0.25, 0.3) is 22.1 Å². The molecule has 0 N–H and O–H groups in total. The van der Waals surface area contributed by atoms with E-state index in [1.54, 1.807) is 42.7 Å². The van der Waals surface area contributed by atoms with Crippen molar-refractivity contribution < 1.29 is 8.42 Å². The van der Waals surface area contributed by atoms with Crippen LogP contribution in [0.1, 0.15) is 45.0 Å². The second-order valence-corrected chi connectivity index (χ2v) is 10.7. The van der Waals surface area contributed by atoms with E-state index >= 15 is 0 Å². The molecule has 0 spiro atoms. The lowest BCUT2D eigenvalue weighted by Crippen LogP contribution is -2.40. The zero-order chi connectivity index (χ0) is 23.9. The first-order valence-corrected chi connectivity index (χ1v) is 13.2. The van der Waals surface area contributed by atoms with Crippen LogP contribution in [-0.2, 0) is 16.4 Å². The minimum Gasteiger partial charge on any atom is -0.324 e. The lowest BCUT2D eigenvalue weighted by atomic mass is 10.0. The van der Waals surface area contributed by atoms with E-state index in [4.69, 9.17) is 10.2 Å². The molecule has 0 aliphatic carbocycles. The summed E-state index contributed by atoms with van der Waals surface area (Å²) < 4.78 is 30.2. The normalized spacial score (nSPS) is 16.7. The van der Waals surface area contributed by atoms with E-state index in [1.807, 2.05) is 6.07 Å². The zero-order valence-corrected chi connectivity index (χ0v) is 20.2. The number of benzene rings is 1. The van der Waals surface area contributed by atoms with Crippen LogP contribution in [0.3, 0.4) is 0 Å². The summed E-state index contributed by atoms with van der Waals surface area (Å²) in [6, 6.07) is 13.1. The number of piperidine rings is 1. The van der Waals surface area contributed by atoms with E-state index in [-0.39, 0.29) is 17.0 Å². The number of aryl methyl sites for hydroxylation is 1. The van der Waals surface area contributed by atoms with Crippen LogP contribution in [-0.4, -0.2) is 51.0 Å². The van der Waals surface area contributed by atoms with Crippen molar-refractivity contribution in [3.8, 4) is 6.07 Å². The van der Waals surface area contributed by atoms with Gasteiger partial charge >= 0.3 is 0 Å². The molecule has 1 saturated heterocycles. The molecule has 176 valence electrons. The lowest BCUT2D eigenvalue weighted by molar-refractivity contribution is 0.145. The number of imidazole rings is 1. The summed E-state index contributed by atoms with van der Waals surface area (Å²) in [6.45, 7) is 6.05. The summed E-state index contributed by atoms with van der Waals surface area (Å²) in [4.78, 5) is 12.0. The summed E-state index contributed by atoms with van der Waals surface area (Å²) in [6.07, 6.45) is 6.52.